The predicted molar refractivity (Wildman–Crippen MR) is 96.6 cm³/mol. The highest BCUT2D eigenvalue weighted by molar-refractivity contribution is 5.98. The summed E-state index contributed by atoms with van der Waals surface area (Å²) in [5.74, 6) is -1.13. The topological polar surface area (TPSA) is 125 Å². The Kier molecular flexibility index (Phi) is 7.89. The van der Waals surface area contributed by atoms with Crippen molar-refractivity contribution in [2.75, 3.05) is 13.2 Å². The normalized spacial score (nSPS) is 10.8. The molecule has 0 spiro atoms. The van der Waals surface area contributed by atoms with E-state index in [0.29, 0.717) is 12.0 Å². The molecule has 0 radical (unpaired) electrons. The smallest absolute Gasteiger partial charge is 0.407 e. The molecule has 0 saturated carbocycles. The van der Waals surface area contributed by atoms with Crippen molar-refractivity contribution in [3.05, 3.63) is 39.4 Å². The van der Waals surface area contributed by atoms with E-state index in [-0.39, 0.29) is 24.2 Å². The SMILES string of the molecule is Cc1ccc(C(=O)COC(=O)CCCNC(=O)OC(C)(C)C)cc1[N+](=O)[O-]. The van der Waals surface area contributed by atoms with Gasteiger partial charge in [-0.1, -0.05) is 12.1 Å². The third kappa shape index (κ3) is 8.30. The van der Waals surface area contributed by atoms with E-state index in [1.54, 1.807) is 27.7 Å². The van der Waals surface area contributed by atoms with Crippen molar-refractivity contribution in [2.24, 2.45) is 0 Å². The lowest BCUT2D eigenvalue weighted by Crippen LogP contribution is -2.33. The van der Waals surface area contributed by atoms with Crippen LogP contribution in [0.5, 0.6) is 0 Å². The molecule has 0 aliphatic rings. The third-order valence-electron chi connectivity index (χ3n) is 3.32. The van der Waals surface area contributed by atoms with Crippen LogP contribution in [0.2, 0.25) is 0 Å². The summed E-state index contributed by atoms with van der Waals surface area (Å²) in [5, 5.41) is 13.4. The Morgan fingerprint density at radius 1 is 1.22 bits per heavy atom. The number of ketones is 1. The number of rotatable bonds is 8. The van der Waals surface area contributed by atoms with E-state index >= 15 is 0 Å². The molecule has 9 nitrogen and oxygen atoms in total. The van der Waals surface area contributed by atoms with Crippen molar-refractivity contribution in [3.63, 3.8) is 0 Å². The van der Waals surface area contributed by atoms with Crippen LogP contribution in [0.25, 0.3) is 0 Å². The summed E-state index contributed by atoms with van der Waals surface area (Å²) in [6.45, 7) is 6.51. The molecule has 0 saturated heterocycles. The van der Waals surface area contributed by atoms with E-state index in [1.165, 1.54) is 12.1 Å². The highest BCUT2D eigenvalue weighted by atomic mass is 16.6. The number of aryl methyl sites for hydroxylation is 1. The maximum atomic E-state index is 12.0. The minimum Gasteiger partial charge on any atom is -0.457 e. The van der Waals surface area contributed by atoms with Gasteiger partial charge in [0.1, 0.15) is 5.60 Å². The molecule has 0 atom stereocenters. The minimum absolute atomic E-state index is 0.0110. The van der Waals surface area contributed by atoms with Crippen LogP contribution < -0.4 is 5.32 Å². The van der Waals surface area contributed by atoms with Gasteiger partial charge in [0.05, 0.1) is 4.92 Å². The number of esters is 1. The molecule has 0 unspecified atom stereocenters. The zero-order chi connectivity index (χ0) is 20.6. The number of carbonyl (C=O) groups excluding carboxylic acids is 3. The van der Waals surface area contributed by atoms with Gasteiger partial charge in [0, 0.05) is 30.2 Å². The van der Waals surface area contributed by atoms with Gasteiger partial charge in [-0.15, -0.1) is 0 Å². The van der Waals surface area contributed by atoms with E-state index < -0.39 is 35.0 Å². The fourth-order valence-electron chi connectivity index (χ4n) is 2.02. The van der Waals surface area contributed by atoms with E-state index in [1.807, 2.05) is 0 Å². The molecule has 1 rings (SSSR count). The highest BCUT2D eigenvalue weighted by Crippen LogP contribution is 2.19. The summed E-state index contributed by atoms with van der Waals surface area (Å²) in [4.78, 5) is 45.4. The van der Waals surface area contributed by atoms with Gasteiger partial charge in [-0.25, -0.2) is 4.79 Å². The molecule has 1 amide bonds. The average molecular weight is 380 g/mol. The van der Waals surface area contributed by atoms with Crippen molar-refractivity contribution >= 4 is 23.5 Å². The fourth-order valence-corrected chi connectivity index (χ4v) is 2.02. The Morgan fingerprint density at radius 3 is 2.48 bits per heavy atom. The van der Waals surface area contributed by atoms with E-state index in [4.69, 9.17) is 9.47 Å². The second-order valence-electron chi connectivity index (χ2n) is 6.87. The second kappa shape index (κ2) is 9.65. The third-order valence-corrected chi connectivity index (χ3v) is 3.32. The molecule has 148 valence electrons. The molecule has 0 heterocycles. The van der Waals surface area contributed by atoms with Gasteiger partial charge in [0.25, 0.3) is 5.69 Å². The molecular formula is C18H24N2O7. The number of nitro groups is 1. The van der Waals surface area contributed by atoms with Crippen molar-refractivity contribution < 1.29 is 28.8 Å². The lowest BCUT2D eigenvalue weighted by atomic mass is 10.1. The lowest BCUT2D eigenvalue weighted by Gasteiger charge is -2.19. The average Bonchev–Trinajstić information content (AvgIpc) is 2.55. The molecule has 0 aliphatic carbocycles. The van der Waals surface area contributed by atoms with E-state index in [0.717, 1.165) is 6.07 Å². The van der Waals surface area contributed by atoms with Crippen molar-refractivity contribution in [1.29, 1.82) is 0 Å². The number of hydrogen-bond acceptors (Lipinski definition) is 7. The van der Waals surface area contributed by atoms with Crippen LogP contribution in [0, 0.1) is 17.0 Å². The van der Waals surface area contributed by atoms with Crippen LogP contribution >= 0.6 is 0 Å². The first-order chi connectivity index (χ1) is 12.5. The fraction of sp³-hybridized carbons (Fsp3) is 0.500. The van der Waals surface area contributed by atoms with Crippen LogP contribution in [0.4, 0.5) is 10.5 Å². The summed E-state index contributed by atoms with van der Waals surface area (Å²) in [7, 11) is 0. The molecule has 1 aromatic rings. The number of Topliss-reactive ketones (excluding diaryl/α,β-unsaturated/α-hetero) is 1. The zero-order valence-corrected chi connectivity index (χ0v) is 15.9. The summed E-state index contributed by atoms with van der Waals surface area (Å²) < 4.78 is 9.92. The standard InChI is InChI=1S/C18H24N2O7/c1-12-7-8-13(10-14(12)20(24)25)15(21)11-26-16(22)6-5-9-19-17(23)27-18(2,3)4/h7-8,10H,5-6,9,11H2,1-4H3,(H,19,23). The predicted octanol–water partition coefficient (Wildman–Crippen LogP) is 2.93. The van der Waals surface area contributed by atoms with Crippen LogP contribution in [-0.4, -0.2) is 41.5 Å². The number of nitrogens with zero attached hydrogens (tertiary/aromatic N) is 1. The van der Waals surface area contributed by atoms with E-state index in [9.17, 15) is 24.5 Å². The number of nitro benzene ring substituents is 1. The van der Waals surface area contributed by atoms with Crippen LogP contribution in [0.1, 0.15) is 49.5 Å². The molecule has 27 heavy (non-hydrogen) atoms. The molecular weight excluding hydrogens is 356 g/mol. The first-order valence-electron chi connectivity index (χ1n) is 8.40. The molecule has 9 heteroatoms. The van der Waals surface area contributed by atoms with Crippen molar-refractivity contribution in [3.8, 4) is 0 Å². The Morgan fingerprint density at radius 2 is 1.89 bits per heavy atom. The number of amides is 1. The quantitative estimate of drug-likeness (QED) is 0.242. The van der Waals surface area contributed by atoms with Gasteiger partial charge in [-0.3, -0.25) is 19.7 Å². The Bertz CT molecular complexity index is 723. The van der Waals surface area contributed by atoms with Gasteiger partial charge in [0.2, 0.25) is 5.78 Å². The Balaban J connectivity index is 2.36. The van der Waals surface area contributed by atoms with E-state index in [2.05, 4.69) is 5.32 Å². The molecule has 1 aromatic carbocycles. The molecule has 0 aliphatic heterocycles. The maximum Gasteiger partial charge on any atom is 0.407 e. The van der Waals surface area contributed by atoms with Crippen molar-refractivity contribution in [2.45, 2.75) is 46.1 Å². The van der Waals surface area contributed by atoms with Crippen molar-refractivity contribution in [1.82, 2.24) is 5.32 Å². The molecule has 0 bridgehead atoms. The first-order valence-corrected chi connectivity index (χ1v) is 8.40. The molecule has 1 N–H and O–H groups in total. The monoisotopic (exact) mass is 380 g/mol. The number of hydrogen-bond donors (Lipinski definition) is 1. The zero-order valence-electron chi connectivity index (χ0n) is 15.9. The Labute approximate surface area is 157 Å². The van der Waals surface area contributed by atoms with Crippen LogP contribution in [0.3, 0.4) is 0 Å². The highest BCUT2D eigenvalue weighted by Gasteiger charge is 2.17. The second-order valence-corrected chi connectivity index (χ2v) is 6.87. The summed E-state index contributed by atoms with van der Waals surface area (Å²) in [6.07, 6.45) is -0.244. The number of alkyl carbamates (subject to hydrolysis) is 1. The van der Waals surface area contributed by atoms with Gasteiger partial charge >= 0.3 is 12.1 Å². The summed E-state index contributed by atoms with van der Waals surface area (Å²) in [5.41, 5.74) is -0.229. The minimum atomic E-state index is -0.603. The number of carbonyl (C=O) groups is 3. The number of benzene rings is 1. The lowest BCUT2D eigenvalue weighted by molar-refractivity contribution is -0.385. The van der Waals surface area contributed by atoms with Gasteiger partial charge in [-0.05, 0) is 34.1 Å². The summed E-state index contributed by atoms with van der Waals surface area (Å²) in [6, 6.07) is 4.08. The van der Waals surface area contributed by atoms with Gasteiger partial charge in [-0.2, -0.15) is 0 Å². The maximum absolute atomic E-state index is 12.0. The largest absolute Gasteiger partial charge is 0.457 e. The summed E-state index contributed by atoms with van der Waals surface area (Å²) >= 11 is 0. The first kappa shape index (κ1) is 22.1. The molecule has 0 fully saturated rings. The van der Waals surface area contributed by atoms with Crippen LogP contribution in [0.15, 0.2) is 18.2 Å². The number of nitrogens with one attached hydrogen (secondary N) is 1. The number of ether oxygens (including phenoxy) is 2. The molecule has 0 aromatic heterocycles. The van der Waals surface area contributed by atoms with Gasteiger partial charge < -0.3 is 14.8 Å². The Hall–Kier alpha value is -2.97. The van der Waals surface area contributed by atoms with Crippen LogP contribution in [-0.2, 0) is 14.3 Å². The van der Waals surface area contributed by atoms with Gasteiger partial charge in [0.15, 0.2) is 6.61 Å².